The first-order valence-corrected chi connectivity index (χ1v) is 5.88. The molecule has 1 aromatic carbocycles. The molecular formula is C12H6ClF3N4. The van der Waals surface area contributed by atoms with E-state index in [1.54, 1.807) is 24.3 Å². The molecule has 0 fully saturated rings. The summed E-state index contributed by atoms with van der Waals surface area (Å²) in [6.07, 6.45) is -3.47. The normalized spacial score (nSPS) is 12.0. The van der Waals surface area contributed by atoms with E-state index < -0.39 is 11.9 Å². The molecule has 0 bridgehead atoms. The minimum absolute atomic E-state index is 0.107. The van der Waals surface area contributed by atoms with E-state index in [0.29, 0.717) is 15.1 Å². The SMILES string of the molecule is FC(F)(F)c1ccnc2nc(-c3ccc(Cl)cc3)nn12. The van der Waals surface area contributed by atoms with Crippen LogP contribution in [0.4, 0.5) is 13.2 Å². The van der Waals surface area contributed by atoms with Gasteiger partial charge in [0.05, 0.1) is 0 Å². The Morgan fingerprint density at radius 3 is 2.40 bits per heavy atom. The van der Waals surface area contributed by atoms with Gasteiger partial charge < -0.3 is 0 Å². The number of hydrogen-bond acceptors (Lipinski definition) is 3. The second-order valence-corrected chi connectivity index (χ2v) is 4.42. The lowest BCUT2D eigenvalue weighted by atomic mass is 10.2. The molecule has 0 aliphatic carbocycles. The van der Waals surface area contributed by atoms with Crippen LogP contribution in [0.25, 0.3) is 17.2 Å². The molecule has 4 nitrogen and oxygen atoms in total. The quantitative estimate of drug-likeness (QED) is 0.691. The molecule has 0 N–H and O–H groups in total. The van der Waals surface area contributed by atoms with Gasteiger partial charge in [-0.15, -0.1) is 5.10 Å². The van der Waals surface area contributed by atoms with Crippen LogP contribution < -0.4 is 0 Å². The molecule has 2 aromatic heterocycles. The van der Waals surface area contributed by atoms with Crippen molar-refractivity contribution in [3.8, 4) is 11.4 Å². The van der Waals surface area contributed by atoms with E-state index in [0.717, 1.165) is 12.3 Å². The Morgan fingerprint density at radius 2 is 1.75 bits per heavy atom. The smallest absolute Gasteiger partial charge is 0.220 e. The standard InChI is InChI=1S/C12H6ClF3N4/c13-8-3-1-7(2-4-8)10-18-11-17-6-5-9(12(14,15)16)20(11)19-10/h1-6H. The van der Waals surface area contributed by atoms with E-state index in [9.17, 15) is 13.2 Å². The molecule has 8 heteroatoms. The van der Waals surface area contributed by atoms with Crippen LogP contribution in [0, 0.1) is 0 Å². The van der Waals surface area contributed by atoms with Crippen LogP contribution in [0.2, 0.25) is 5.02 Å². The van der Waals surface area contributed by atoms with Crippen molar-refractivity contribution in [1.29, 1.82) is 0 Å². The predicted molar refractivity (Wildman–Crippen MR) is 66.2 cm³/mol. The molecule has 0 saturated carbocycles. The largest absolute Gasteiger partial charge is 0.433 e. The minimum Gasteiger partial charge on any atom is -0.220 e. The van der Waals surface area contributed by atoms with E-state index in [1.165, 1.54) is 0 Å². The van der Waals surface area contributed by atoms with Gasteiger partial charge in [0.15, 0.2) is 11.5 Å². The number of benzene rings is 1. The number of nitrogens with zero attached hydrogens (tertiary/aromatic N) is 4. The fraction of sp³-hybridized carbons (Fsp3) is 0.0833. The maximum absolute atomic E-state index is 12.8. The lowest BCUT2D eigenvalue weighted by molar-refractivity contribution is -0.142. The van der Waals surface area contributed by atoms with Crippen LogP contribution in [0.1, 0.15) is 5.69 Å². The number of halogens is 4. The molecular weight excluding hydrogens is 293 g/mol. The van der Waals surface area contributed by atoms with Gasteiger partial charge in [-0.3, -0.25) is 0 Å². The summed E-state index contributed by atoms with van der Waals surface area (Å²) in [6, 6.07) is 7.34. The number of aromatic nitrogens is 4. The highest BCUT2D eigenvalue weighted by molar-refractivity contribution is 6.30. The number of hydrogen-bond donors (Lipinski definition) is 0. The van der Waals surface area contributed by atoms with Crippen LogP contribution in [-0.2, 0) is 6.18 Å². The van der Waals surface area contributed by atoms with Crippen molar-refractivity contribution in [1.82, 2.24) is 19.6 Å². The third-order valence-corrected chi connectivity index (χ3v) is 2.89. The maximum Gasteiger partial charge on any atom is 0.433 e. The molecule has 3 aromatic rings. The summed E-state index contributed by atoms with van der Waals surface area (Å²) in [5.41, 5.74) is -0.358. The van der Waals surface area contributed by atoms with E-state index in [2.05, 4.69) is 15.1 Å². The summed E-state index contributed by atoms with van der Waals surface area (Å²) in [5.74, 6) is 0.0515. The zero-order chi connectivity index (χ0) is 14.3. The molecule has 0 atom stereocenters. The Hall–Kier alpha value is -2.15. The average Bonchev–Trinajstić information content (AvgIpc) is 2.81. The van der Waals surface area contributed by atoms with Crippen LogP contribution in [0.3, 0.4) is 0 Å². The van der Waals surface area contributed by atoms with Crippen molar-refractivity contribution in [2.75, 3.05) is 0 Å². The molecule has 0 spiro atoms. The van der Waals surface area contributed by atoms with Gasteiger partial charge in [0, 0.05) is 16.8 Å². The molecule has 0 radical (unpaired) electrons. The van der Waals surface area contributed by atoms with Crippen molar-refractivity contribution in [2.45, 2.75) is 6.18 Å². The number of alkyl halides is 3. The van der Waals surface area contributed by atoms with Crippen molar-refractivity contribution in [2.24, 2.45) is 0 Å². The zero-order valence-corrected chi connectivity index (χ0v) is 10.5. The first kappa shape index (κ1) is 12.9. The summed E-state index contributed by atoms with van der Waals surface area (Å²) in [6.45, 7) is 0. The highest BCUT2D eigenvalue weighted by Gasteiger charge is 2.34. The van der Waals surface area contributed by atoms with Crippen LogP contribution in [-0.4, -0.2) is 19.6 Å². The fourth-order valence-electron chi connectivity index (χ4n) is 1.73. The fourth-order valence-corrected chi connectivity index (χ4v) is 1.86. The summed E-state index contributed by atoms with van der Waals surface area (Å²) in [5, 5.41) is 4.38. The monoisotopic (exact) mass is 298 g/mol. The minimum atomic E-state index is -4.52. The molecule has 0 aliphatic rings. The molecule has 2 heterocycles. The van der Waals surface area contributed by atoms with E-state index in [4.69, 9.17) is 11.6 Å². The van der Waals surface area contributed by atoms with E-state index in [-0.39, 0.29) is 11.6 Å². The molecule has 0 saturated heterocycles. The molecule has 3 rings (SSSR count). The van der Waals surface area contributed by atoms with Crippen LogP contribution >= 0.6 is 11.6 Å². The third-order valence-electron chi connectivity index (χ3n) is 2.63. The maximum atomic E-state index is 12.8. The highest BCUT2D eigenvalue weighted by Crippen LogP contribution is 2.29. The van der Waals surface area contributed by atoms with Gasteiger partial charge in [-0.05, 0) is 30.3 Å². The predicted octanol–water partition coefficient (Wildman–Crippen LogP) is 3.46. The Labute approximate surface area is 115 Å². The zero-order valence-electron chi connectivity index (χ0n) is 9.76. The molecule has 102 valence electrons. The topological polar surface area (TPSA) is 43.1 Å². The molecule has 20 heavy (non-hydrogen) atoms. The van der Waals surface area contributed by atoms with Gasteiger partial charge in [0.1, 0.15) is 0 Å². The summed E-state index contributed by atoms with van der Waals surface area (Å²) >= 11 is 5.76. The third kappa shape index (κ3) is 2.20. The average molecular weight is 299 g/mol. The first-order valence-electron chi connectivity index (χ1n) is 5.50. The van der Waals surface area contributed by atoms with E-state index >= 15 is 0 Å². The van der Waals surface area contributed by atoms with Crippen molar-refractivity contribution in [3.63, 3.8) is 0 Å². The van der Waals surface area contributed by atoms with Crippen LogP contribution in [0.5, 0.6) is 0 Å². The number of rotatable bonds is 1. The second-order valence-electron chi connectivity index (χ2n) is 3.98. The lowest BCUT2D eigenvalue weighted by Crippen LogP contribution is -2.12. The van der Waals surface area contributed by atoms with Gasteiger partial charge >= 0.3 is 6.18 Å². The Kier molecular flexibility index (Phi) is 2.86. The Bertz CT molecular complexity index is 764. The van der Waals surface area contributed by atoms with Crippen molar-refractivity contribution >= 4 is 17.4 Å². The van der Waals surface area contributed by atoms with Crippen molar-refractivity contribution < 1.29 is 13.2 Å². The summed E-state index contributed by atoms with van der Waals surface area (Å²) in [7, 11) is 0. The Balaban J connectivity index is 2.18. The summed E-state index contributed by atoms with van der Waals surface area (Å²) < 4.78 is 39.2. The number of fused-ring (bicyclic) bond motifs is 1. The van der Waals surface area contributed by atoms with E-state index in [1.807, 2.05) is 0 Å². The van der Waals surface area contributed by atoms with Gasteiger partial charge in [0.25, 0.3) is 5.78 Å². The second kappa shape index (κ2) is 4.45. The molecule has 0 unspecified atom stereocenters. The van der Waals surface area contributed by atoms with Gasteiger partial charge in [-0.1, -0.05) is 11.6 Å². The van der Waals surface area contributed by atoms with Gasteiger partial charge in [-0.25, -0.2) is 4.98 Å². The summed E-state index contributed by atoms with van der Waals surface area (Å²) in [4.78, 5) is 7.77. The molecule has 0 amide bonds. The highest BCUT2D eigenvalue weighted by atomic mass is 35.5. The Morgan fingerprint density at radius 1 is 1.05 bits per heavy atom. The first-order chi connectivity index (χ1) is 9.45. The van der Waals surface area contributed by atoms with Gasteiger partial charge in [0.2, 0.25) is 0 Å². The molecule has 0 aliphatic heterocycles. The van der Waals surface area contributed by atoms with Gasteiger partial charge in [-0.2, -0.15) is 22.7 Å². The van der Waals surface area contributed by atoms with Crippen LogP contribution in [0.15, 0.2) is 36.5 Å². The lowest BCUT2D eigenvalue weighted by Gasteiger charge is -2.06. The van der Waals surface area contributed by atoms with Crippen molar-refractivity contribution in [3.05, 3.63) is 47.2 Å².